The molecule has 0 saturated carbocycles. The van der Waals surface area contributed by atoms with E-state index in [1.165, 1.54) is 10.2 Å². The van der Waals surface area contributed by atoms with Crippen LogP contribution in [0, 0.1) is 0 Å². The highest BCUT2D eigenvalue weighted by Gasteiger charge is 2.12. The van der Waals surface area contributed by atoms with Gasteiger partial charge >= 0.3 is 0 Å². The third-order valence-electron chi connectivity index (χ3n) is 2.49. The van der Waals surface area contributed by atoms with Crippen molar-refractivity contribution < 1.29 is 0 Å². The molecule has 0 fully saturated rings. The quantitative estimate of drug-likeness (QED) is 0.805. The Hall–Kier alpha value is -0.610. The second-order valence-corrected chi connectivity index (χ2v) is 4.66. The molecule has 1 aromatic rings. The van der Waals surface area contributed by atoms with Crippen LogP contribution in [0.1, 0.15) is 12.1 Å². The molecule has 0 atom stereocenters. The third kappa shape index (κ3) is 2.25. The number of imidazole rings is 1. The topological polar surface area (TPSA) is 21.1 Å². The summed E-state index contributed by atoms with van der Waals surface area (Å²) in [5.41, 5.74) is 1.27. The van der Waals surface area contributed by atoms with Crippen LogP contribution in [0.15, 0.2) is 23.1 Å². The Morgan fingerprint density at radius 1 is 1.57 bits per heavy atom. The predicted octanol–water partition coefficient (Wildman–Crippen LogP) is 1.90. The van der Waals surface area contributed by atoms with Gasteiger partial charge in [0.05, 0.1) is 12.0 Å². The Morgan fingerprint density at radius 3 is 3.07 bits per heavy atom. The molecule has 1 aliphatic rings. The number of aromatic nitrogens is 2. The standard InChI is InChI=1S/C10H14BrN3/c1-13-8-12-5-10(13)7-14-4-2-3-9(11)6-14/h3,5,8H,2,4,6-7H2,1H3. The zero-order chi connectivity index (χ0) is 9.97. The van der Waals surface area contributed by atoms with Crippen molar-refractivity contribution in [2.75, 3.05) is 13.1 Å². The highest BCUT2D eigenvalue weighted by atomic mass is 79.9. The first kappa shape index (κ1) is 9.93. The van der Waals surface area contributed by atoms with Gasteiger partial charge in [0.25, 0.3) is 0 Å². The number of hydrogen-bond acceptors (Lipinski definition) is 2. The molecule has 2 heterocycles. The smallest absolute Gasteiger partial charge is 0.0945 e. The maximum absolute atomic E-state index is 4.12. The normalized spacial score (nSPS) is 18.3. The second-order valence-electron chi connectivity index (χ2n) is 3.65. The van der Waals surface area contributed by atoms with Gasteiger partial charge in [-0.1, -0.05) is 22.0 Å². The summed E-state index contributed by atoms with van der Waals surface area (Å²) in [6.07, 6.45) is 7.18. The Bertz CT molecular complexity index is 343. The molecule has 0 radical (unpaired) electrons. The third-order valence-corrected chi connectivity index (χ3v) is 3.06. The lowest BCUT2D eigenvalue weighted by Crippen LogP contribution is -2.28. The Morgan fingerprint density at radius 2 is 2.43 bits per heavy atom. The maximum Gasteiger partial charge on any atom is 0.0945 e. The first-order valence-corrected chi connectivity index (χ1v) is 5.57. The molecule has 14 heavy (non-hydrogen) atoms. The van der Waals surface area contributed by atoms with Crippen LogP contribution in [0.5, 0.6) is 0 Å². The van der Waals surface area contributed by atoms with Crippen LogP contribution in [-0.2, 0) is 13.6 Å². The monoisotopic (exact) mass is 255 g/mol. The Kier molecular flexibility index (Phi) is 3.03. The summed E-state index contributed by atoms with van der Waals surface area (Å²) in [5, 5.41) is 0. The van der Waals surface area contributed by atoms with E-state index in [-0.39, 0.29) is 0 Å². The Balaban J connectivity index is 1.99. The molecule has 1 aromatic heterocycles. The van der Waals surface area contributed by atoms with Crippen molar-refractivity contribution >= 4 is 15.9 Å². The summed E-state index contributed by atoms with van der Waals surface area (Å²) < 4.78 is 3.37. The molecule has 0 aromatic carbocycles. The van der Waals surface area contributed by atoms with Crippen molar-refractivity contribution in [3.05, 3.63) is 28.8 Å². The van der Waals surface area contributed by atoms with Crippen molar-refractivity contribution in [1.29, 1.82) is 0 Å². The van der Waals surface area contributed by atoms with Crippen LogP contribution < -0.4 is 0 Å². The van der Waals surface area contributed by atoms with Crippen LogP contribution in [0.25, 0.3) is 0 Å². The molecule has 2 rings (SSSR count). The molecular formula is C10H14BrN3. The van der Waals surface area contributed by atoms with Crippen molar-refractivity contribution in [3.63, 3.8) is 0 Å². The van der Waals surface area contributed by atoms with E-state index in [9.17, 15) is 0 Å². The van der Waals surface area contributed by atoms with E-state index in [4.69, 9.17) is 0 Å². The van der Waals surface area contributed by atoms with Gasteiger partial charge in [-0.3, -0.25) is 4.90 Å². The highest BCUT2D eigenvalue weighted by Crippen LogP contribution is 2.16. The lowest BCUT2D eigenvalue weighted by Gasteiger charge is -2.24. The minimum Gasteiger partial charge on any atom is -0.337 e. The fraction of sp³-hybridized carbons (Fsp3) is 0.500. The van der Waals surface area contributed by atoms with E-state index in [0.717, 1.165) is 26.1 Å². The molecule has 0 saturated heterocycles. The fourth-order valence-corrected chi connectivity index (χ4v) is 2.25. The van der Waals surface area contributed by atoms with Gasteiger partial charge in [0.1, 0.15) is 0 Å². The zero-order valence-corrected chi connectivity index (χ0v) is 9.87. The highest BCUT2D eigenvalue weighted by molar-refractivity contribution is 9.11. The molecule has 0 N–H and O–H groups in total. The first-order valence-electron chi connectivity index (χ1n) is 4.78. The van der Waals surface area contributed by atoms with E-state index in [0.29, 0.717) is 0 Å². The van der Waals surface area contributed by atoms with Crippen LogP contribution in [0.3, 0.4) is 0 Å². The summed E-state index contributed by atoms with van der Waals surface area (Å²) in [5.74, 6) is 0. The van der Waals surface area contributed by atoms with Crippen molar-refractivity contribution in [2.45, 2.75) is 13.0 Å². The molecule has 3 nitrogen and oxygen atoms in total. The molecule has 0 aliphatic carbocycles. The molecule has 1 aliphatic heterocycles. The summed E-state index contributed by atoms with van der Waals surface area (Å²) in [6.45, 7) is 3.14. The maximum atomic E-state index is 4.12. The SMILES string of the molecule is Cn1cncc1CN1CCC=C(Br)C1. The predicted molar refractivity (Wildman–Crippen MR) is 60.1 cm³/mol. The molecule has 0 unspecified atom stereocenters. The number of rotatable bonds is 2. The lowest BCUT2D eigenvalue weighted by molar-refractivity contribution is 0.282. The van der Waals surface area contributed by atoms with Crippen molar-refractivity contribution in [2.24, 2.45) is 7.05 Å². The minimum absolute atomic E-state index is 0.986. The van der Waals surface area contributed by atoms with Gasteiger partial charge < -0.3 is 4.57 Å². The van der Waals surface area contributed by atoms with E-state index in [1.807, 2.05) is 19.6 Å². The van der Waals surface area contributed by atoms with E-state index in [2.05, 4.69) is 36.5 Å². The summed E-state index contributed by atoms with van der Waals surface area (Å²) >= 11 is 3.55. The molecular weight excluding hydrogens is 242 g/mol. The van der Waals surface area contributed by atoms with E-state index < -0.39 is 0 Å². The number of halogens is 1. The van der Waals surface area contributed by atoms with Gasteiger partial charge in [0.2, 0.25) is 0 Å². The number of aryl methyl sites for hydroxylation is 1. The summed E-state index contributed by atoms with van der Waals surface area (Å²) in [6, 6.07) is 0. The second kappa shape index (κ2) is 4.28. The molecule has 0 bridgehead atoms. The van der Waals surface area contributed by atoms with Crippen LogP contribution in [0.4, 0.5) is 0 Å². The van der Waals surface area contributed by atoms with Crippen LogP contribution in [0.2, 0.25) is 0 Å². The van der Waals surface area contributed by atoms with Gasteiger partial charge in [0, 0.05) is 37.4 Å². The Labute approximate surface area is 92.6 Å². The average molecular weight is 256 g/mol. The number of hydrogen-bond donors (Lipinski definition) is 0. The van der Waals surface area contributed by atoms with Crippen LogP contribution in [-0.4, -0.2) is 27.5 Å². The molecule has 4 heteroatoms. The first-order chi connectivity index (χ1) is 6.75. The molecule has 0 amide bonds. The molecule has 0 spiro atoms. The summed E-state index contributed by atoms with van der Waals surface area (Å²) in [4.78, 5) is 6.53. The van der Waals surface area contributed by atoms with Crippen molar-refractivity contribution in [3.8, 4) is 0 Å². The number of nitrogens with zero attached hydrogens (tertiary/aromatic N) is 3. The van der Waals surface area contributed by atoms with Gasteiger partial charge in [-0.25, -0.2) is 4.98 Å². The van der Waals surface area contributed by atoms with E-state index >= 15 is 0 Å². The summed E-state index contributed by atoms with van der Waals surface area (Å²) in [7, 11) is 2.04. The molecule has 76 valence electrons. The van der Waals surface area contributed by atoms with E-state index in [1.54, 1.807) is 0 Å². The van der Waals surface area contributed by atoms with Gasteiger partial charge in [-0.15, -0.1) is 0 Å². The fourth-order valence-electron chi connectivity index (χ4n) is 1.66. The van der Waals surface area contributed by atoms with Crippen LogP contribution >= 0.6 is 15.9 Å². The minimum atomic E-state index is 0.986. The lowest BCUT2D eigenvalue weighted by atomic mass is 10.2. The van der Waals surface area contributed by atoms with Crippen molar-refractivity contribution in [1.82, 2.24) is 14.5 Å². The largest absolute Gasteiger partial charge is 0.337 e. The average Bonchev–Trinajstić information content (AvgIpc) is 2.52. The zero-order valence-electron chi connectivity index (χ0n) is 8.28. The van der Waals surface area contributed by atoms with Gasteiger partial charge in [0.15, 0.2) is 0 Å². The van der Waals surface area contributed by atoms with Gasteiger partial charge in [-0.05, 0) is 6.42 Å². The van der Waals surface area contributed by atoms with Gasteiger partial charge in [-0.2, -0.15) is 0 Å².